The average molecular weight is 407 g/mol. The van der Waals surface area contributed by atoms with Gasteiger partial charge in [-0.15, -0.1) is 0 Å². The smallest absolute Gasteiger partial charge is 0.0239 e. The molecule has 130 valence electrons. The molecule has 4 heteroatoms. The van der Waals surface area contributed by atoms with Crippen LogP contribution in [0.25, 0.3) is 0 Å². The first-order chi connectivity index (χ1) is 11.7. The molecule has 1 aromatic heterocycles. The number of hydrogen-bond acceptors (Lipinski definition) is 3. The Labute approximate surface area is 158 Å². The van der Waals surface area contributed by atoms with Gasteiger partial charge in [0.25, 0.3) is 0 Å². The van der Waals surface area contributed by atoms with Gasteiger partial charge in [0.05, 0.1) is 0 Å². The molecule has 0 atom stereocenters. The van der Waals surface area contributed by atoms with E-state index in [1.54, 1.807) is 11.3 Å². The first-order valence-corrected chi connectivity index (χ1v) is 10.6. The molecule has 2 aromatic rings. The molecule has 2 heterocycles. The van der Waals surface area contributed by atoms with Crippen molar-refractivity contribution in [3.05, 3.63) is 56.7 Å². The van der Waals surface area contributed by atoms with E-state index in [9.17, 15) is 0 Å². The maximum atomic E-state index is 3.50. The molecule has 0 amide bonds. The molecule has 3 rings (SSSR count). The second kappa shape index (κ2) is 9.14. The molecule has 1 aliphatic heterocycles. The van der Waals surface area contributed by atoms with Crippen LogP contribution in [-0.2, 0) is 13.0 Å². The summed E-state index contributed by atoms with van der Waals surface area (Å²) >= 11 is 5.30. The summed E-state index contributed by atoms with van der Waals surface area (Å²) in [6.45, 7) is 6.03. The van der Waals surface area contributed by atoms with Gasteiger partial charge < -0.3 is 9.80 Å². The van der Waals surface area contributed by atoms with E-state index in [1.807, 2.05) is 0 Å². The van der Waals surface area contributed by atoms with E-state index >= 15 is 0 Å². The lowest BCUT2D eigenvalue weighted by Gasteiger charge is -2.34. The molecular weight excluding hydrogens is 380 g/mol. The van der Waals surface area contributed by atoms with Crippen molar-refractivity contribution in [2.75, 3.05) is 33.2 Å². The summed E-state index contributed by atoms with van der Waals surface area (Å²) in [5, 5.41) is 4.44. The molecule has 0 saturated carbocycles. The van der Waals surface area contributed by atoms with Gasteiger partial charge >= 0.3 is 0 Å². The van der Waals surface area contributed by atoms with Crippen LogP contribution in [-0.4, -0.2) is 43.0 Å². The van der Waals surface area contributed by atoms with E-state index in [0.29, 0.717) is 0 Å². The first-order valence-electron chi connectivity index (χ1n) is 8.85. The van der Waals surface area contributed by atoms with Gasteiger partial charge in [-0.05, 0) is 85.4 Å². The highest BCUT2D eigenvalue weighted by Crippen LogP contribution is 2.20. The van der Waals surface area contributed by atoms with Gasteiger partial charge in [-0.2, -0.15) is 11.3 Å². The lowest BCUT2D eigenvalue weighted by molar-refractivity contribution is 0.153. The maximum absolute atomic E-state index is 3.50. The number of rotatable bonds is 7. The van der Waals surface area contributed by atoms with Crippen molar-refractivity contribution in [1.82, 2.24) is 9.80 Å². The van der Waals surface area contributed by atoms with E-state index in [0.717, 1.165) is 18.9 Å². The predicted molar refractivity (Wildman–Crippen MR) is 108 cm³/mol. The van der Waals surface area contributed by atoms with Crippen LogP contribution in [0.4, 0.5) is 0 Å². The second-order valence-electron chi connectivity index (χ2n) is 6.99. The standard InChI is InChI=1S/C20H27BrN2S/c1-22(15-19-9-13-24-16-19)14-18-7-11-23(12-8-18)10-6-17-2-4-20(21)5-3-17/h2-5,9,13,16,18H,6-8,10-12,14-15H2,1H3. The van der Waals surface area contributed by atoms with Crippen LogP contribution in [0.3, 0.4) is 0 Å². The zero-order valence-corrected chi connectivity index (χ0v) is 16.9. The van der Waals surface area contributed by atoms with Crippen LogP contribution in [0.5, 0.6) is 0 Å². The van der Waals surface area contributed by atoms with Gasteiger partial charge in [0, 0.05) is 24.1 Å². The molecule has 24 heavy (non-hydrogen) atoms. The fourth-order valence-electron chi connectivity index (χ4n) is 3.53. The molecule has 0 aliphatic carbocycles. The Kier molecular flexibility index (Phi) is 6.90. The minimum Gasteiger partial charge on any atom is -0.303 e. The SMILES string of the molecule is CN(Cc1ccsc1)CC1CCN(CCc2ccc(Br)cc2)CC1. The van der Waals surface area contributed by atoms with E-state index < -0.39 is 0 Å². The number of piperidine rings is 1. The Bertz CT molecular complexity index is 589. The molecule has 1 aromatic carbocycles. The molecule has 1 saturated heterocycles. The minimum absolute atomic E-state index is 0.859. The maximum Gasteiger partial charge on any atom is 0.0239 e. The molecule has 0 unspecified atom stereocenters. The topological polar surface area (TPSA) is 6.48 Å². The summed E-state index contributed by atoms with van der Waals surface area (Å²) in [5.74, 6) is 0.859. The predicted octanol–water partition coefficient (Wildman–Crippen LogP) is 4.90. The summed E-state index contributed by atoms with van der Waals surface area (Å²) in [6, 6.07) is 11.0. The van der Waals surface area contributed by atoms with E-state index in [2.05, 4.69) is 73.9 Å². The molecule has 2 nitrogen and oxygen atoms in total. The number of nitrogens with zero attached hydrogens (tertiary/aromatic N) is 2. The molecule has 0 radical (unpaired) electrons. The quantitative estimate of drug-likeness (QED) is 0.644. The van der Waals surface area contributed by atoms with Crippen molar-refractivity contribution >= 4 is 27.3 Å². The third kappa shape index (κ3) is 5.69. The third-order valence-corrected chi connectivity index (χ3v) is 6.20. The molecule has 0 N–H and O–H groups in total. The van der Waals surface area contributed by atoms with Gasteiger partial charge in [0.1, 0.15) is 0 Å². The van der Waals surface area contributed by atoms with Crippen LogP contribution in [0, 0.1) is 5.92 Å². The summed E-state index contributed by atoms with van der Waals surface area (Å²) in [4.78, 5) is 5.13. The number of likely N-dealkylation sites (tertiary alicyclic amines) is 1. The van der Waals surface area contributed by atoms with Gasteiger partial charge in [0.15, 0.2) is 0 Å². The van der Waals surface area contributed by atoms with Crippen LogP contribution in [0.15, 0.2) is 45.6 Å². The number of benzene rings is 1. The van der Waals surface area contributed by atoms with Crippen molar-refractivity contribution in [3.8, 4) is 0 Å². The average Bonchev–Trinajstić information content (AvgIpc) is 3.08. The van der Waals surface area contributed by atoms with Crippen molar-refractivity contribution < 1.29 is 0 Å². The molecular formula is C20H27BrN2S. The van der Waals surface area contributed by atoms with Crippen molar-refractivity contribution in [2.45, 2.75) is 25.8 Å². The van der Waals surface area contributed by atoms with Crippen LogP contribution >= 0.6 is 27.3 Å². The molecule has 0 spiro atoms. The van der Waals surface area contributed by atoms with Crippen LogP contribution < -0.4 is 0 Å². The van der Waals surface area contributed by atoms with E-state index in [-0.39, 0.29) is 0 Å². The lowest BCUT2D eigenvalue weighted by Crippen LogP contribution is -2.38. The van der Waals surface area contributed by atoms with Crippen molar-refractivity contribution in [3.63, 3.8) is 0 Å². The molecule has 1 aliphatic rings. The van der Waals surface area contributed by atoms with Crippen molar-refractivity contribution in [1.29, 1.82) is 0 Å². The zero-order chi connectivity index (χ0) is 16.8. The second-order valence-corrected chi connectivity index (χ2v) is 8.69. The van der Waals surface area contributed by atoms with Gasteiger partial charge in [0.2, 0.25) is 0 Å². The Morgan fingerprint density at radius 1 is 1.12 bits per heavy atom. The zero-order valence-electron chi connectivity index (χ0n) is 14.5. The number of hydrogen-bond donors (Lipinski definition) is 0. The largest absolute Gasteiger partial charge is 0.303 e. The number of halogens is 1. The highest BCUT2D eigenvalue weighted by atomic mass is 79.9. The highest BCUT2D eigenvalue weighted by Gasteiger charge is 2.20. The lowest BCUT2D eigenvalue weighted by atomic mass is 9.96. The Morgan fingerprint density at radius 2 is 1.88 bits per heavy atom. The van der Waals surface area contributed by atoms with Gasteiger partial charge in [-0.1, -0.05) is 28.1 Å². The fraction of sp³-hybridized carbons (Fsp3) is 0.500. The number of thiophene rings is 1. The summed E-state index contributed by atoms with van der Waals surface area (Å²) in [5.41, 5.74) is 2.89. The Morgan fingerprint density at radius 3 is 2.54 bits per heavy atom. The Balaban J connectivity index is 1.35. The van der Waals surface area contributed by atoms with Gasteiger partial charge in [-0.25, -0.2) is 0 Å². The first kappa shape index (κ1) is 18.1. The molecule has 1 fully saturated rings. The Hall–Kier alpha value is -0.680. The highest BCUT2D eigenvalue weighted by molar-refractivity contribution is 9.10. The minimum atomic E-state index is 0.859. The third-order valence-electron chi connectivity index (χ3n) is 4.94. The monoisotopic (exact) mass is 406 g/mol. The molecule has 0 bridgehead atoms. The fourth-order valence-corrected chi connectivity index (χ4v) is 4.45. The normalized spacial score (nSPS) is 16.8. The van der Waals surface area contributed by atoms with Crippen LogP contribution in [0.2, 0.25) is 0 Å². The summed E-state index contributed by atoms with van der Waals surface area (Å²) in [7, 11) is 2.26. The summed E-state index contributed by atoms with van der Waals surface area (Å²) < 4.78 is 1.17. The van der Waals surface area contributed by atoms with E-state index in [4.69, 9.17) is 0 Å². The summed E-state index contributed by atoms with van der Waals surface area (Å²) in [6.07, 6.45) is 3.85. The van der Waals surface area contributed by atoms with E-state index in [1.165, 1.54) is 54.6 Å². The van der Waals surface area contributed by atoms with Crippen LogP contribution in [0.1, 0.15) is 24.0 Å². The van der Waals surface area contributed by atoms with Crippen molar-refractivity contribution in [2.24, 2.45) is 5.92 Å². The van der Waals surface area contributed by atoms with Gasteiger partial charge in [-0.3, -0.25) is 0 Å².